The third kappa shape index (κ3) is 6.88. The van der Waals surface area contributed by atoms with Crippen LogP contribution in [-0.4, -0.2) is 46.2 Å². The zero-order valence-electron chi connectivity index (χ0n) is 22.3. The summed E-state index contributed by atoms with van der Waals surface area (Å²) in [6.07, 6.45) is 0. The minimum Gasteiger partial charge on any atom is -0.484 e. The average molecular weight is 511 g/mol. The van der Waals surface area contributed by atoms with Gasteiger partial charge < -0.3 is 15.0 Å². The number of hydrogen-bond donors (Lipinski definition) is 1. The number of nitrogens with one attached hydrogen (secondary N) is 1. The molecule has 0 atom stereocenters. The first-order valence-corrected chi connectivity index (χ1v) is 12.8. The minimum atomic E-state index is -0.302. The number of aryl methyl sites for hydroxylation is 2. The van der Waals surface area contributed by atoms with Crippen molar-refractivity contribution >= 4 is 17.6 Å². The molecule has 4 rings (SSSR count). The van der Waals surface area contributed by atoms with Crippen LogP contribution >= 0.6 is 0 Å². The zero-order valence-corrected chi connectivity index (χ0v) is 22.3. The molecule has 196 valence electrons. The highest BCUT2D eigenvalue weighted by atomic mass is 16.5. The summed E-state index contributed by atoms with van der Waals surface area (Å²) in [5, 5.41) is 7.82. The first kappa shape index (κ1) is 26.7. The van der Waals surface area contributed by atoms with Crippen molar-refractivity contribution in [2.45, 2.75) is 27.7 Å². The highest BCUT2D eigenvalue weighted by Gasteiger charge is 2.21. The third-order valence-electron chi connectivity index (χ3n) is 6.01. The molecule has 0 radical (unpaired) electrons. The Labute approximate surface area is 224 Å². The summed E-state index contributed by atoms with van der Waals surface area (Å²) in [5.74, 6) is 0.794. The van der Waals surface area contributed by atoms with Crippen molar-refractivity contribution in [3.63, 3.8) is 0 Å². The van der Waals surface area contributed by atoms with E-state index in [1.165, 1.54) is 0 Å². The Balaban J connectivity index is 1.55. The quantitative estimate of drug-likeness (QED) is 0.299. The van der Waals surface area contributed by atoms with Crippen LogP contribution in [0, 0.1) is 19.8 Å². The lowest BCUT2D eigenvalue weighted by Gasteiger charge is -2.24. The normalized spacial score (nSPS) is 10.9. The van der Waals surface area contributed by atoms with Crippen LogP contribution in [0.25, 0.3) is 16.9 Å². The molecule has 0 aliphatic rings. The van der Waals surface area contributed by atoms with Gasteiger partial charge in [0.05, 0.1) is 11.4 Å². The van der Waals surface area contributed by atoms with Crippen molar-refractivity contribution in [3.8, 4) is 22.7 Å². The molecule has 1 aromatic heterocycles. The summed E-state index contributed by atoms with van der Waals surface area (Å²) < 4.78 is 7.40. The van der Waals surface area contributed by atoms with Crippen molar-refractivity contribution in [2.24, 2.45) is 5.92 Å². The molecular weight excluding hydrogens is 476 g/mol. The number of carbonyl (C=O) groups is 2. The molecule has 0 bridgehead atoms. The van der Waals surface area contributed by atoms with Gasteiger partial charge in [-0.05, 0) is 43.5 Å². The zero-order chi connectivity index (χ0) is 27.1. The first-order chi connectivity index (χ1) is 18.3. The average Bonchev–Trinajstić information content (AvgIpc) is 3.31. The van der Waals surface area contributed by atoms with Crippen LogP contribution in [0.15, 0.2) is 84.9 Å². The van der Waals surface area contributed by atoms with Gasteiger partial charge in [0, 0.05) is 18.2 Å². The Morgan fingerprint density at radius 3 is 2.29 bits per heavy atom. The summed E-state index contributed by atoms with van der Waals surface area (Å²) in [4.78, 5) is 27.8. The SMILES string of the molecule is Cc1ccc(-n2nc(-c3ccccc3)cc2NC(=O)CN(CC(C)C)C(=O)COc2ccccc2)c(C)c1. The monoisotopic (exact) mass is 510 g/mol. The van der Waals surface area contributed by atoms with E-state index in [-0.39, 0.29) is 30.9 Å². The van der Waals surface area contributed by atoms with Gasteiger partial charge in [-0.25, -0.2) is 4.68 Å². The fraction of sp³-hybridized carbons (Fsp3) is 0.258. The molecule has 0 aliphatic heterocycles. The lowest BCUT2D eigenvalue weighted by molar-refractivity contribution is -0.137. The van der Waals surface area contributed by atoms with Gasteiger partial charge in [0.1, 0.15) is 18.1 Å². The van der Waals surface area contributed by atoms with Crippen LogP contribution in [0.4, 0.5) is 5.82 Å². The van der Waals surface area contributed by atoms with Crippen LogP contribution in [0.3, 0.4) is 0 Å². The smallest absolute Gasteiger partial charge is 0.260 e. The Morgan fingerprint density at radius 1 is 0.947 bits per heavy atom. The van der Waals surface area contributed by atoms with Crippen LogP contribution in [0.1, 0.15) is 25.0 Å². The maximum Gasteiger partial charge on any atom is 0.260 e. The van der Waals surface area contributed by atoms with Gasteiger partial charge >= 0.3 is 0 Å². The van der Waals surface area contributed by atoms with E-state index in [0.717, 1.165) is 28.1 Å². The molecule has 0 saturated heterocycles. The van der Waals surface area contributed by atoms with Crippen molar-refractivity contribution in [2.75, 3.05) is 25.0 Å². The second-order valence-electron chi connectivity index (χ2n) is 9.80. The van der Waals surface area contributed by atoms with Gasteiger partial charge in [0.2, 0.25) is 5.91 Å². The van der Waals surface area contributed by atoms with Gasteiger partial charge in [-0.2, -0.15) is 5.10 Å². The standard InChI is InChI=1S/C31H34N4O3/c1-22(2)19-34(31(37)21-38-26-13-9-6-10-14-26)20-30(36)32-29-18-27(25-11-7-5-8-12-25)33-35(29)28-16-15-23(3)17-24(28)4/h5-18,22H,19-21H2,1-4H3,(H,32,36). The predicted octanol–water partition coefficient (Wildman–Crippen LogP) is 5.66. The molecule has 38 heavy (non-hydrogen) atoms. The maximum atomic E-state index is 13.3. The number of para-hydroxylation sites is 1. The second-order valence-corrected chi connectivity index (χ2v) is 9.80. The molecule has 0 unspecified atom stereocenters. The maximum absolute atomic E-state index is 13.3. The summed E-state index contributed by atoms with van der Waals surface area (Å²) in [6, 6.07) is 27.0. The van der Waals surface area contributed by atoms with E-state index < -0.39 is 0 Å². The van der Waals surface area contributed by atoms with E-state index in [9.17, 15) is 9.59 Å². The van der Waals surface area contributed by atoms with Crippen LogP contribution in [-0.2, 0) is 9.59 Å². The molecule has 1 heterocycles. The molecular formula is C31H34N4O3. The Kier molecular flexibility index (Phi) is 8.58. The fourth-order valence-electron chi connectivity index (χ4n) is 4.25. The second kappa shape index (κ2) is 12.2. The van der Waals surface area contributed by atoms with Crippen LogP contribution < -0.4 is 10.1 Å². The molecule has 1 N–H and O–H groups in total. The first-order valence-electron chi connectivity index (χ1n) is 12.8. The highest BCUT2D eigenvalue weighted by molar-refractivity contribution is 5.95. The number of aromatic nitrogens is 2. The predicted molar refractivity (Wildman–Crippen MR) is 150 cm³/mol. The Hall–Kier alpha value is -4.39. The summed E-state index contributed by atoms with van der Waals surface area (Å²) >= 11 is 0. The van der Waals surface area contributed by atoms with Crippen molar-refractivity contribution in [1.82, 2.24) is 14.7 Å². The molecule has 0 fully saturated rings. The van der Waals surface area contributed by atoms with E-state index >= 15 is 0 Å². The molecule has 4 aromatic rings. The topological polar surface area (TPSA) is 76.5 Å². The lowest BCUT2D eigenvalue weighted by Crippen LogP contribution is -2.42. The van der Waals surface area contributed by atoms with E-state index in [2.05, 4.69) is 11.4 Å². The lowest BCUT2D eigenvalue weighted by atomic mass is 10.1. The molecule has 0 spiro atoms. The number of nitrogens with zero attached hydrogens (tertiary/aromatic N) is 3. The number of hydrogen-bond acceptors (Lipinski definition) is 4. The van der Waals surface area contributed by atoms with E-state index in [0.29, 0.717) is 18.1 Å². The summed E-state index contributed by atoms with van der Waals surface area (Å²) in [6.45, 7) is 8.30. The molecule has 0 aliphatic carbocycles. The van der Waals surface area contributed by atoms with Crippen LogP contribution in [0.5, 0.6) is 5.75 Å². The van der Waals surface area contributed by atoms with E-state index in [4.69, 9.17) is 9.84 Å². The van der Waals surface area contributed by atoms with E-state index in [1.54, 1.807) is 21.7 Å². The minimum absolute atomic E-state index is 0.0894. The molecule has 2 amide bonds. The number of rotatable bonds is 10. The van der Waals surface area contributed by atoms with Gasteiger partial charge in [0.15, 0.2) is 6.61 Å². The van der Waals surface area contributed by atoms with Gasteiger partial charge in [-0.3, -0.25) is 9.59 Å². The van der Waals surface area contributed by atoms with Crippen LogP contribution in [0.2, 0.25) is 0 Å². The van der Waals surface area contributed by atoms with Crippen molar-refractivity contribution < 1.29 is 14.3 Å². The Morgan fingerprint density at radius 2 is 1.63 bits per heavy atom. The molecule has 0 saturated carbocycles. The molecule has 3 aromatic carbocycles. The van der Waals surface area contributed by atoms with Gasteiger partial charge in [-0.15, -0.1) is 0 Å². The van der Waals surface area contributed by atoms with Gasteiger partial charge in [0.25, 0.3) is 5.91 Å². The third-order valence-corrected chi connectivity index (χ3v) is 6.01. The number of benzene rings is 3. The number of amides is 2. The molecule has 7 heteroatoms. The number of carbonyl (C=O) groups excluding carboxylic acids is 2. The summed E-state index contributed by atoms with van der Waals surface area (Å²) in [5.41, 5.74) is 4.75. The summed E-state index contributed by atoms with van der Waals surface area (Å²) in [7, 11) is 0. The van der Waals surface area contributed by atoms with E-state index in [1.807, 2.05) is 94.4 Å². The van der Waals surface area contributed by atoms with Crippen molar-refractivity contribution in [3.05, 3.63) is 96.1 Å². The largest absolute Gasteiger partial charge is 0.484 e. The molecule has 7 nitrogen and oxygen atoms in total. The van der Waals surface area contributed by atoms with Crippen molar-refractivity contribution in [1.29, 1.82) is 0 Å². The highest BCUT2D eigenvalue weighted by Crippen LogP contribution is 2.26. The Bertz CT molecular complexity index is 1380. The fourth-order valence-corrected chi connectivity index (χ4v) is 4.25. The van der Waals surface area contributed by atoms with Gasteiger partial charge in [-0.1, -0.05) is 80.1 Å². The number of ether oxygens (including phenoxy) is 1. The number of anilines is 1.